The third-order valence-electron chi connectivity index (χ3n) is 3.00. The largest absolute Gasteiger partial charge is 0.359 e. The van der Waals surface area contributed by atoms with Crippen LogP contribution < -0.4 is 5.32 Å². The van der Waals surface area contributed by atoms with Gasteiger partial charge in [0.05, 0.1) is 10.9 Å². The smallest absolute Gasteiger partial charge is 0.221 e. The van der Waals surface area contributed by atoms with E-state index in [2.05, 4.69) is 10.3 Å². The molecule has 0 aliphatic carbocycles. The maximum absolute atomic E-state index is 13.7. The number of benzene rings is 1. The monoisotopic (exact) mass is 301 g/mol. The van der Waals surface area contributed by atoms with Crippen molar-refractivity contribution in [2.24, 2.45) is 0 Å². The normalized spacial score (nSPS) is 12.7. The van der Waals surface area contributed by atoms with Crippen LogP contribution in [-0.4, -0.2) is 22.5 Å². The first-order valence-electron chi connectivity index (χ1n) is 6.14. The van der Waals surface area contributed by atoms with Crippen LogP contribution in [0.1, 0.15) is 24.5 Å². The van der Waals surface area contributed by atoms with E-state index in [0.717, 1.165) is 6.07 Å². The lowest BCUT2D eigenvalue weighted by Gasteiger charge is -2.10. The summed E-state index contributed by atoms with van der Waals surface area (Å²) in [6.07, 6.45) is 0.177. The number of aryl methyl sites for hydroxylation is 1. The van der Waals surface area contributed by atoms with Gasteiger partial charge in [0.25, 0.3) is 0 Å². The maximum atomic E-state index is 13.7. The average molecular weight is 302 g/mol. The van der Waals surface area contributed by atoms with Gasteiger partial charge in [-0.2, -0.15) is 0 Å². The number of hydrogen-bond donors (Lipinski definition) is 1. The number of nitrogens with one attached hydrogen (secondary N) is 1. The predicted octanol–water partition coefficient (Wildman–Crippen LogP) is 2.75. The van der Waals surface area contributed by atoms with Crippen molar-refractivity contribution in [2.45, 2.75) is 25.3 Å². The van der Waals surface area contributed by atoms with Gasteiger partial charge in [0, 0.05) is 26.1 Å². The van der Waals surface area contributed by atoms with Crippen molar-refractivity contribution in [3.8, 4) is 0 Å². The molecule has 1 amide bonds. The number of hydrogen-bond acceptors (Lipinski definition) is 2. The van der Waals surface area contributed by atoms with Crippen molar-refractivity contribution in [3.63, 3.8) is 0 Å². The minimum atomic E-state index is -0.739. The Kier molecular flexibility index (Phi) is 4.23. The number of rotatable bonds is 4. The first kappa shape index (κ1) is 14.7. The Bertz CT molecular complexity index is 655. The van der Waals surface area contributed by atoms with Gasteiger partial charge in [-0.05, 0) is 13.0 Å². The van der Waals surface area contributed by atoms with E-state index in [1.54, 1.807) is 11.5 Å². The fourth-order valence-corrected chi connectivity index (χ4v) is 2.21. The van der Waals surface area contributed by atoms with Gasteiger partial charge in [-0.3, -0.25) is 4.79 Å². The van der Waals surface area contributed by atoms with Crippen LogP contribution >= 0.6 is 11.6 Å². The van der Waals surface area contributed by atoms with Gasteiger partial charge in [0.1, 0.15) is 17.2 Å². The summed E-state index contributed by atoms with van der Waals surface area (Å²) in [6.45, 7) is 1.94. The minimum absolute atomic E-state index is 0.0609. The predicted molar refractivity (Wildman–Crippen MR) is 72.6 cm³/mol. The molecule has 0 saturated carbocycles. The first-order valence-corrected chi connectivity index (χ1v) is 6.57. The number of carbonyl (C=O) groups is 1. The third-order valence-corrected chi connectivity index (χ3v) is 3.19. The molecule has 0 fully saturated rings. The maximum Gasteiger partial charge on any atom is 0.221 e. The molecule has 0 aliphatic rings. The van der Waals surface area contributed by atoms with E-state index in [1.165, 1.54) is 13.1 Å². The quantitative estimate of drug-likeness (QED) is 0.883. The molecule has 1 aromatic carbocycles. The fraction of sp³-hybridized carbons (Fsp3) is 0.385. The van der Waals surface area contributed by atoms with E-state index >= 15 is 0 Å². The van der Waals surface area contributed by atoms with Crippen molar-refractivity contribution < 1.29 is 13.6 Å². The molecule has 0 aliphatic heterocycles. The summed E-state index contributed by atoms with van der Waals surface area (Å²) in [4.78, 5) is 15.4. The summed E-state index contributed by atoms with van der Waals surface area (Å²) in [5.41, 5.74) is 0.361. The number of carbonyl (C=O) groups excluding carboxylic acids is 1. The minimum Gasteiger partial charge on any atom is -0.359 e. The zero-order valence-electron chi connectivity index (χ0n) is 11.1. The highest BCUT2D eigenvalue weighted by atomic mass is 35.5. The highest BCUT2D eigenvalue weighted by molar-refractivity contribution is 6.20. The lowest BCUT2D eigenvalue weighted by atomic mass is 10.3. The molecule has 1 unspecified atom stereocenters. The Morgan fingerprint density at radius 3 is 2.80 bits per heavy atom. The average Bonchev–Trinajstić information content (AvgIpc) is 2.75. The van der Waals surface area contributed by atoms with E-state index in [-0.39, 0.29) is 24.4 Å². The highest BCUT2D eigenvalue weighted by Gasteiger charge is 2.18. The highest BCUT2D eigenvalue weighted by Crippen LogP contribution is 2.27. The number of alkyl halides is 1. The number of halogens is 3. The lowest BCUT2D eigenvalue weighted by molar-refractivity contribution is -0.120. The Labute approximate surface area is 119 Å². The van der Waals surface area contributed by atoms with E-state index < -0.39 is 17.0 Å². The molecule has 108 valence electrons. The molecule has 0 radical (unpaired) electrons. The van der Waals surface area contributed by atoms with Gasteiger partial charge in [0.15, 0.2) is 5.82 Å². The lowest BCUT2D eigenvalue weighted by Crippen LogP contribution is -2.20. The van der Waals surface area contributed by atoms with E-state index in [9.17, 15) is 13.6 Å². The van der Waals surface area contributed by atoms with Crippen LogP contribution in [0.4, 0.5) is 8.78 Å². The van der Waals surface area contributed by atoms with Gasteiger partial charge >= 0.3 is 0 Å². The fourth-order valence-electron chi connectivity index (χ4n) is 2.04. The van der Waals surface area contributed by atoms with Crippen LogP contribution in [0.2, 0.25) is 0 Å². The van der Waals surface area contributed by atoms with Crippen LogP contribution in [0.25, 0.3) is 11.0 Å². The molecule has 0 spiro atoms. The summed E-state index contributed by atoms with van der Waals surface area (Å²) in [5, 5.41) is 2.02. The van der Waals surface area contributed by atoms with Crippen LogP contribution in [0.5, 0.6) is 0 Å². The van der Waals surface area contributed by atoms with Gasteiger partial charge in [0.2, 0.25) is 5.91 Å². The molecule has 2 aromatic rings. The van der Waals surface area contributed by atoms with Crippen molar-refractivity contribution in [3.05, 3.63) is 29.6 Å². The summed E-state index contributed by atoms with van der Waals surface area (Å²) in [7, 11) is 1.53. The molecule has 20 heavy (non-hydrogen) atoms. The summed E-state index contributed by atoms with van der Waals surface area (Å²) in [5.74, 6) is -1.19. The molecular formula is C13H14ClF2N3O. The Morgan fingerprint density at radius 1 is 1.50 bits per heavy atom. The molecule has 1 heterocycles. The molecule has 4 nitrogen and oxygen atoms in total. The third kappa shape index (κ3) is 2.75. The van der Waals surface area contributed by atoms with Crippen LogP contribution in [-0.2, 0) is 11.3 Å². The van der Waals surface area contributed by atoms with Gasteiger partial charge < -0.3 is 9.88 Å². The van der Waals surface area contributed by atoms with E-state index in [4.69, 9.17) is 11.6 Å². The molecule has 1 atom stereocenters. The molecular weight excluding hydrogens is 288 g/mol. The van der Waals surface area contributed by atoms with Crippen molar-refractivity contribution in [1.82, 2.24) is 14.9 Å². The molecule has 1 N–H and O–H groups in total. The van der Waals surface area contributed by atoms with E-state index in [1.807, 2.05) is 0 Å². The van der Waals surface area contributed by atoms with Crippen molar-refractivity contribution in [1.29, 1.82) is 0 Å². The Morgan fingerprint density at radius 2 is 2.20 bits per heavy atom. The summed E-state index contributed by atoms with van der Waals surface area (Å²) < 4.78 is 28.7. The second-order valence-electron chi connectivity index (χ2n) is 4.42. The topological polar surface area (TPSA) is 46.9 Å². The molecule has 7 heteroatoms. The summed E-state index contributed by atoms with van der Waals surface area (Å²) in [6, 6.07) is 1.97. The molecule has 0 bridgehead atoms. The number of imidazole rings is 1. The zero-order valence-corrected chi connectivity index (χ0v) is 11.8. The summed E-state index contributed by atoms with van der Waals surface area (Å²) >= 11 is 6.02. The molecule has 0 saturated heterocycles. The van der Waals surface area contributed by atoms with Crippen LogP contribution in [0.3, 0.4) is 0 Å². The number of nitrogens with zero attached hydrogens (tertiary/aromatic N) is 2. The second kappa shape index (κ2) is 5.75. The van der Waals surface area contributed by atoms with Crippen molar-refractivity contribution in [2.75, 3.05) is 7.05 Å². The Hall–Kier alpha value is -1.69. The van der Waals surface area contributed by atoms with Crippen LogP contribution in [0, 0.1) is 11.6 Å². The van der Waals surface area contributed by atoms with Gasteiger partial charge in [-0.1, -0.05) is 0 Å². The standard InChI is InChI=1S/C13H14ClF2N3O/c1-7(14)13-18-12-9(16)5-8(15)6-10(12)19(13)4-3-11(20)17-2/h5-7H,3-4H2,1-2H3,(H,17,20). The van der Waals surface area contributed by atoms with Crippen LogP contribution in [0.15, 0.2) is 12.1 Å². The zero-order chi connectivity index (χ0) is 14.9. The number of aromatic nitrogens is 2. The first-order chi connectivity index (χ1) is 9.43. The SMILES string of the molecule is CNC(=O)CCn1c(C(C)Cl)nc2c(F)cc(F)cc21. The molecule has 2 rings (SSSR count). The van der Waals surface area contributed by atoms with Crippen molar-refractivity contribution >= 4 is 28.5 Å². The van der Waals surface area contributed by atoms with E-state index in [0.29, 0.717) is 11.3 Å². The number of fused-ring (bicyclic) bond motifs is 1. The van der Waals surface area contributed by atoms with Gasteiger partial charge in [-0.25, -0.2) is 13.8 Å². The Balaban J connectivity index is 2.53. The van der Waals surface area contributed by atoms with Gasteiger partial charge in [-0.15, -0.1) is 11.6 Å². The second-order valence-corrected chi connectivity index (χ2v) is 5.07. The number of amides is 1. The molecule has 1 aromatic heterocycles.